The molecule has 1 rings (SSSR count). The minimum atomic E-state index is -0.504. The van der Waals surface area contributed by atoms with Crippen molar-refractivity contribution in [2.45, 2.75) is 13.8 Å². The number of oxime groups is 1. The van der Waals surface area contributed by atoms with Crippen LogP contribution in [0.25, 0.3) is 0 Å². The molecule has 0 bridgehead atoms. The van der Waals surface area contributed by atoms with E-state index in [1.54, 1.807) is 26.0 Å². The Balaban J connectivity index is 2.96. The lowest BCUT2D eigenvalue weighted by atomic mass is 10.3. The minimum absolute atomic E-state index is 0.0856. The molecular formula is C9H10N2O3. The van der Waals surface area contributed by atoms with E-state index >= 15 is 0 Å². The first-order valence-corrected chi connectivity index (χ1v) is 4.03. The summed E-state index contributed by atoms with van der Waals surface area (Å²) in [4.78, 5) is 14.9. The Kier molecular flexibility index (Phi) is 3.17. The van der Waals surface area contributed by atoms with Crippen molar-refractivity contribution in [1.29, 1.82) is 0 Å². The molecule has 1 aromatic carbocycles. The quantitative estimate of drug-likeness (QED) is 0.421. The highest BCUT2D eigenvalue weighted by molar-refractivity contribution is 5.78. The van der Waals surface area contributed by atoms with Crippen LogP contribution in [0.15, 0.2) is 29.4 Å². The molecule has 5 heteroatoms. The molecule has 0 saturated heterocycles. The van der Waals surface area contributed by atoms with Crippen molar-refractivity contribution < 1.29 is 9.76 Å². The Bertz CT molecular complexity index is 370. The van der Waals surface area contributed by atoms with E-state index in [2.05, 4.69) is 5.16 Å². The van der Waals surface area contributed by atoms with E-state index in [1.165, 1.54) is 12.1 Å². The van der Waals surface area contributed by atoms with Gasteiger partial charge in [0.2, 0.25) is 5.75 Å². The third kappa shape index (κ3) is 2.55. The molecule has 74 valence electrons. The zero-order valence-electron chi connectivity index (χ0n) is 7.93. The van der Waals surface area contributed by atoms with E-state index < -0.39 is 4.92 Å². The van der Waals surface area contributed by atoms with Gasteiger partial charge in [0.15, 0.2) is 0 Å². The Morgan fingerprint density at radius 3 is 2.64 bits per heavy atom. The third-order valence-electron chi connectivity index (χ3n) is 1.39. The van der Waals surface area contributed by atoms with Gasteiger partial charge in [-0.1, -0.05) is 17.3 Å². The first-order valence-electron chi connectivity index (χ1n) is 4.03. The van der Waals surface area contributed by atoms with E-state index in [-0.39, 0.29) is 11.4 Å². The molecular weight excluding hydrogens is 184 g/mol. The van der Waals surface area contributed by atoms with Crippen LogP contribution in [-0.4, -0.2) is 10.6 Å². The Morgan fingerprint density at radius 2 is 2.07 bits per heavy atom. The average Bonchev–Trinajstić information content (AvgIpc) is 2.15. The summed E-state index contributed by atoms with van der Waals surface area (Å²) in [5.74, 6) is 0.152. The van der Waals surface area contributed by atoms with Gasteiger partial charge in [0.25, 0.3) is 0 Å². The zero-order chi connectivity index (χ0) is 10.6. The van der Waals surface area contributed by atoms with Gasteiger partial charge in [0, 0.05) is 6.07 Å². The molecule has 0 saturated carbocycles. The highest BCUT2D eigenvalue weighted by Gasteiger charge is 2.13. The summed E-state index contributed by atoms with van der Waals surface area (Å²) >= 11 is 0. The molecule has 0 aliphatic rings. The predicted octanol–water partition coefficient (Wildman–Crippen LogP) is 2.37. The molecule has 0 heterocycles. The van der Waals surface area contributed by atoms with Crippen molar-refractivity contribution in [3.05, 3.63) is 34.4 Å². The molecule has 0 aliphatic heterocycles. The van der Waals surface area contributed by atoms with Gasteiger partial charge in [0.05, 0.1) is 10.6 Å². The maximum absolute atomic E-state index is 10.5. The highest BCUT2D eigenvalue weighted by atomic mass is 16.6. The maximum atomic E-state index is 10.5. The van der Waals surface area contributed by atoms with Gasteiger partial charge in [-0.2, -0.15) is 0 Å². The second-order valence-corrected chi connectivity index (χ2v) is 2.85. The van der Waals surface area contributed by atoms with Gasteiger partial charge < -0.3 is 4.84 Å². The molecule has 5 nitrogen and oxygen atoms in total. The van der Waals surface area contributed by atoms with E-state index in [9.17, 15) is 10.1 Å². The molecule has 0 unspecified atom stereocenters. The van der Waals surface area contributed by atoms with Gasteiger partial charge in [-0.25, -0.2) is 0 Å². The lowest BCUT2D eigenvalue weighted by Crippen LogP contribution is -1.94. The zero-order valence-corrected chi connectivity index (χ0v) is 7.93. The normalized spacial score (nSPS) is 9.29. The van der Waals surface area contributed by atoms with Gasteiger partial charge in [-0.05, 0) is 19.9 Å². The third-order valence-corrected chi connectivity index (χ3v) is 1.39. The molecule has 0 atom stereocenters. The van der Waals surface area contributed by atoms with Crippen LogP contribution in [-0.2, 0) is 0 Å². The van der Waals surface area contributed by atoms with Gasteiger partial charge in [0.1, 0.15) is 0 Å². The summed E-state index contributed by atoms with van der Waals surface area (Å²) in [6.45, 7) is 3.49. The molecule has 0 amide bonds. The van der Waals surface area contributed by atoms with Gasteiger partial charge >= 0.3 is 5.69 Å². The van der Waals surface area contributed by atoms with Crippen LogP contribution in [0, 0.1) is 10.1 Å². The number of nitro benzene ring substituents is 1. The van der Waals surface area contributed by atoms with E-state index in [4.69, 9.17) is 4.84 Å². The summed E-state index contributed by atoms with van der Waals surface area (Å²) in [7, 11) is 0. The maximum Gasteiger partial charge on any atom is 0.314 e. The number of para-hydroxylation sites is 2. The van der Waals surface area contributed by atoms with E-state index in [0.29, 0.717) is 5.71 Å². The number of rotatable bonds is 3. The molecule has 0 aliphatic carbocycles. The second kappa shape index (κ2) is 4.36. The highest BCUT2D eigenvalue weighted by Crippen LogP contribution is 2.25. The minimum Gasteiger partial charge on any atom is -0.350 e. The topological polar surface area (TPSA) is 64.7 Å². The van der Waals surface area contributed by atoms with Crippen LogP contribution in [0.5, 0.6) is 5.75 Å². The van der Waals surface area contributed by atoms with Gasteiger partial charge in [-0.3, -0.25) is 10.1 Å². The van der Waals surface area contributed by atoms with Crippen LogP contribution in [0.3, 0.4) is 0 Å². The number of nitrogens with zero attached hydrogens (tertiary/aromatic N) is 2. The molecule has 14 heavy (non-hydrogen) atoms. The summed E-state index contributed by atoms with van der Waals surface area (Å²) in [5.41, 5.74) is 0.612. The number of benzene rings is 1. The van der Waals surface area contributed by atoms with E-state index in [1.807, 2.05) is 0 Å². The molecule has 0 aromatic heterocycles. The van der Waals surface area contributed by atoms with Crippen LogP contribution in [0.4, 0.5) is 5.69 Å². The second-order valence-electron chi connectivity index (χ2n) is 2.85. The lowest BCUT2D eigenvalue weighted by Gasteiger charge is -1.99. The Labute approximate surface area is 81.1 Å². The predicted molar refractivity (Wildman–Crippen MR) is 52.5 cm³/mol. The van der Waals surface area contributed by atoms with Crippen molar-refractivity contribution in [2.75, 3.05) is 0 Å². The van der Waals surface area contributed by atoms with Crippen LogP contribution in [0.2, 0.25) is 0 Å². The number of nitro groups is 1. The van der Waals surface area contributed by atoms with Crippen molar-refractivity contribution in [2.24, 2.45) is 5.16 Å². The van der Waals surface area contributed by atoms with Crippen molar-refractivity contribution in [1.82, 2.24) is 0 Å². The summed E-state index contributed by atoms with van der Waals surface area (Å²) in [6.07, 6.45) is 0. The standard InChI is InChI=1S/C9H10N2O3/c1-7(2)10-14-9-6-4-3-5-8(9)11(12)13/h3-6H,1-2H3. The SMILES string of the molecule is CC(C)=NOc1ccccc1[N+](=O)[O-]. The van der Waals surface area contributed by atoms with Gasteiger partial charge in [-0.15, -0.1) is 0 Å². The fourth-order valence-electron chi connectivity index (χ4n) is 0.826. The van der Waals surface area contributed by atoms with Crippen molar-refractivity contribution in [3.63, 3.8) is 0 Å². The Hall–Kier alpha value is -1.91. The van der Waals surface area contributed by atoms with E-state index in [0.717, 1.165) is 0 Å². The Morgan fingerprint density at radius 1 is 1.43 bits per heavy atom. The molecule has 0 spiro atoms. The average molecular weight is 194 g/mol. The molecule has 1 aromatic rings. The van der Waals surface area contributed by atoms with Crippen LogP contribution >= 0.6 is 0 Å². The molecule has 0 fully saturated rings. The van der Waals surface area contributed by atoms with Crippen LogP contribution in [0.1, 0.15) is 13.8 Å². The number of hydrogen-bond donors (Lipinski definition) is 0. The number of hydrogen-bond acceptors (Lipinski definition) is 4. The summed E-state index contributed by atoms with van der Waals surface area (Å²) in [5, 5.41) is 14.2. The monoisotopic (exact) mass is 194 g/mol. The summed E-state index contributed by atoms with van der Waals surface area (Å²) < 4.78 is 0. The fourth-order valence-corrected chi connectivity index (χ4v) is 0.826. The first-order chi connectivity index (χ1) is 6.61. The van der Waals surface area contributed by atoms with Crippen LogP contribution < -0.4 is 4.84 Å². The summed E-state index contributed by atoms with van der Waals surface area (Å²) in [6, 6.07) is 6.11. The lowest BCUT2D eigenvalue weighted by molar-refractivity contribution is -0.385. The first kappa shape index (κ1) is 10.2. The largest absolute Gasteiger partial charge is 0.350 e. The van der Waals surface area contributed by atoms with Crippen molar-refractivity contribution >= 4 is 11.4 Å². The molecule has 0 radical (unpaired) electrons. The fraction of sp³-hybridized carbons (Fsp3) is 0.222. The smallest absolute Gasteiger partial charge is 0.314 e. The van der Waals surface area contributed by atoms with Crippen molar-refractivity contribution in [3.8, 4) is 5.75 Å². The molecule has 0 N–H and O–H groups in total.